The number of halogens is 3. The normalized spacial score (nSPS) is 19.6. The highest BCUT2D eigenvalue weighted by molar-refractivity contribution is 5.77. The van der Waals surface area contributed by atoms with Crippen LogP contribution in [0.5, 0.6) is 0 Å². The van der Waals surface area contributed by atoms with E-state index in [1.807, 2.05) is 35.0 Å². The molecule has 1 aliphatic rings. The van der Waals surface area contributed by atoms with E-state index in [4.69, 9.17) is 5.11 Å². The number of imidazole rings is 1. The van der Waals surface area contributed by atoms with Gasteiger partial charge in [0.1, 0.15) is 0 Å². The second-order valence-electron chi connectivity index (χ2n) is 6.71. The zero-order valence-corrected chi connectivity index (χ0v) is 14.8. The van der Waals surface area contributed by atoms with Crippen LogP contribution in [0.3, 0.4) is 0 Å². The van der Waals surface area contributed by atoms with Crippen LogP contribution in [0.4, 0.5) is 18.0 Å². The second-order valence-corrected chi connectivity index (χ2v) is 6.71. The number of aromatic nitrogens is 2. The fourth-order valence-corrected chi connectivity index (χ4v) is 3.19. The molecule has 0 unspecified atom stereocenters. The van der Waals surface area contributed by atoms with Crippen LogP contribution in [-0.4, -0.2) is 50.8 Å². The molecule has 28 heavy (non-hydrogen) atoms. The van der Waals surface area contributed by atoms with E-state index in [1.165, 1.54) is 0 Å². The first-order valence-corrected chi connectivity index (χ1v) is 8.60. The van der Waals surface area contributed by atoms with E-state index in [0.29, 0.717) is 6.54 Å². The fraction of sp³-hybridized carbons (Fsp3) is 0.389. The molecule has 2 atom stereocenters. The van der Waals surface area contributed by atoms with Crippen LogP contribution in [0, 0.1) is 11.8 Å². The predicted octanol–water partition coefficient (Wildman–Crippen LogP) is 2.34. The van der Waals surface area contributed by atoms with Crippen molar-refractivity contribution in [2.24, 2.45) is 11.8 Å². The number of carboxylic acids is 1. The molecule has 7 nitrogen and oxygen atoms in total. The standard InChI is InChI=1S/C18H19F3N4O3/c19-18(20,21)15-10-25(9-14(15)16(26)27)17(28)23-7-12-1-3-13(4-2-12)8-24-6-5-22-11-24/h1-6,11,14-15H,7-10H2,(H,23,28)(H,26,27)/t14-,15-/m1/s1. The molecule has 1 fully saturated rings. The molecule has 10 heteroatoms. The van der Waals surface area contributed by atoms with Gasteiger partial charge in [-0.05, 0) is 11.1 Å². The van der Waals surface area contributed by atoms with Gasteiger partial charge in [-0.1, -0.05) is 24.3 Å². The van der Waals surface area contributed by atoms with Gasteiger partial charge in [-0.3, -0.25) is 4.79 Å². The Kier molecular flexibility index (Phi) is 5.57. The summed E-state index contributed by atoms with van der Waals surface area (Å²) in [6.45, 7) is -0.337. The molecule has 3 rings (SSSR count). The zero-order chi connectivity index (χ0) is 20.3. The van der Waals surface area contributed by atoms with E-state index in [9.17, 15) is 22.8 Å². The predicted molar refractivity (Wildman–Crippen MR) is 92.3 cm³/mol. The molecule has 0 radical (unpaired) electrons. The molecule has 1 aliphatic heterocycles. The molecule has 0 aliphatic carbocycles. The van der Waals surface area contributed by atoms with Crippen molar-refractivity contribution < 1.29 is 27.9 Å². The van der Waals surface area contributed by atoms with Gasteiger partial charge in [-0.2, -0.15) is 13.2 Å². The van der Waals surface area contributed by atoms with Crippen molar-refractivity contribution in [3.8, 4) is 0 Å². The summed E-state index contributed by atoms with van der Waals surface area (Å²) in [7, 11) is 0. The highest BCUT2D eigenvalue weighted by Gasteiger charge is 2.53. The van der Waals surface area contributed by atoms with Crippen LogP contribution in [-0.2, 0) is 17.9 Å². The van der Waals surface area contributed by atoms with Crippen LogP contribution in [0.15, 0.2) is 43.0 Å². The molecule has 1 aromatic heterocycles. The smallest absolute Gasteiger partial charge is 0.394 e. The number of nitrogens with one attached hydrogen (secondary N) is 1. The maximum absolute atomic E-state index is 13.0. The van der Waals surface area contributed by atoms with Crippen LogP contribution in [0.25, 0.3) is 0 Å². The molecule has 150 valence electrons. The first-order chi connectivity index (χ1) is 13.2. The summed E-state index contributed by atoms with van der Waals surface area (Å²) >= 11 is 0. The topological polar surface area (TPSA) is 87.5 Å². The Morgan fingerprint density at radius 2 is 1.86 bits per heavy atom. The SMILES string of the molecule is O=C(O)[C@@H]1CN(C(=O)NCc2ccc(Cn3ccnc3)cc2)C[C@H]1C(F)(F)F. The highest BCUT2D eigenvalue weighted by atomic mass is 19.4. The molecular formula is C18H19F3N4O3. The number of urea groups is 1. The lowest BCUT2D eigenvalue weighted by Crippen LogP contribution is -2.39. The van der Waals surface area contributed by atoms with Gasteiger partial charge in [0.25, 0.3) is 0 Å². The third-order valence-corrected chi connectivity index (χ3v) is 4.74. The molecule has 0 bridgehead atoms. The number of rotatable bonds is 5. The minimum absolute atomic E-state index is 0.134. The number of carbonyl (C=O) groups is 2. The maximum Gasteiger partial charge on any atom is 0.394 e. The summed E-state index contributed by atoms with van der Waals surface area (Å²) in [5.74, 6) is -5.25. The molecule has 1 aromatic carbocycles. The number of amides is 2. The van der Waals surface area contributed by atoms with Crippen LogP contribution >= 0.6 is 0 Å². The zero-order valence-electron chi connectivity index (χ0n) is 14.8. The molecular weight excluding hydrogens is 377 g/mol. The number of likely N-dealkylation sites (tertiary alicyclic amines) is 1. The number of carboxylic acid groups (broad SMARTS) is 1. The van der Waals surface area contributed by atoms with Gasteiger partial charge >= 0.3 is 18.2 Å². The summed E-state index contributed by atoms with van der Waals surface area (Å²) in [4.78, 5) is 28.1. The summed E-state index contributed by atoms with van der Waals surface area (Å²) in [6.07, 6.45) is 0.551. The van der Waals surface area contributed by atoms with Gasteiger partial charge in [0.2, 0.25) is 0 Å². The third-order valence-electron chi connectivity index (χ3n) is 4.74. The largest absolute Gasteiger partial charge is 0.481 e. The first kappa shape index (κ1) is 19.7. The number of carbonyl (C=O) groups excluding carboxylic acids is 1. The number of hydrogen-bond acceptors (Lipinski definition) is 3. The average molecular weight is 396 g/mol. The van der Waals surface area contributed by atoms with Crippen molar-refractivity contribution in [3.05, 3.63) is 54.1 Å². The van der Waals surface area contributed by atoms with Crippen molar-refractivity contribution in [2.75, 3.05) is 13.1 Å². The van der Waals surface area contributed by atoms with E-state index < -0.39 is 43.1 Å². The summed E-state index contributed by atoms with van der Waals surface area (Å²) in [6, 6.07) is 6.69. The summed E-state index contributed by atoms with van der Waals surface area (Å²) in [5.41, 5.74) is 1.81. The van der Waals surface area contributed by atoms with Crippen LogP contribution < -0.4 is 5.32 Å². The molecule has 2 N–H and O–H groups in total. The first-order valence-electron chi connectivity index (χ1n) is 8.60. The van der Waals surface area contributed by atoms with E-state index in [-0.39, 0.29) is 6.54 Å². The molecule has 0 spiro atoms. The quantitative estimate of drug-likeness (QED) is 0.812. The van der Waals surface area contributed by atoms with Gasteiger partial charge in [0, 0.05) is 38.6 Å². The molecule has 1 saturated heterocycles. The van der Waals surface area contributed by atoms with Crippen molar-refractivity contribution in [2.45, 2.75) is 19.3 Å². The highest BCUT2D eigenvalue weighted by Crippen LogP contribution is 2.37. The molecule has 2 amide bonds. The average Bonchev–Trinajstić information content (AvgIpc) is 3.30. The monoisotopic (exact) mass is 396 g/mol. The Morgan fingerprint density at radius 3 is 2.39 bits per heavy atom. The Morgan fingerprint density at radius 1 is 1.18 bits per heavy atom. The number of benzene rings is 1. The Hall–Kier alpha value is -3.04. The number of alkyl halides is 3. The lowest BCUT2D eigenvalue weighted by atomic mass is 9.96. The molecule has 2 heterocycles. The number of nitrogens with zero attached hydrogens (tertiary/aromatic N) is 3. The van der Waals surface area contributed by atoms with Gasteiger partial charge in [-0.15, -0.1) is 0 Å². The Balaban J connectivity index is 1.54. The minimum atomic E-state index is -4.66. The lowest BCUT2D eigenvalue weighted by Gasteiger charge is -2.18. The summed E-state index contributed by atoms with van der Waals surface area (Å²) in [5, 5.41) is 11.6. The van der Waals surface area contributed by atoms with Gasteiger partial charge in [0.05, 0.1) is 18.2 Å². The Bertz CT molecular complexity index is 822. The van der Waals surface area contributed by atoms with E-state index in [1.54, 1.807) is 12.5 Å². The number of aliphatic carboxylic acids is 1. The van der Waals surface area contributed by atoms with Crippen LogP contribution in [0.1, 0.15) is 11.1 Å². The van der Waals surface area contributed by atoms with Crippen molar-refractivity contribution in [3.63, 3.8) is 0 Å². The molecule has 0 saturated carbocycles. The van der Waals surface area contributed by atoms with E-state index >= 15 is 0 Å². The van der Waals surface area contributed by atoms with Gasteiger partial charge < -0.3 is 19.9 Å². The molecule has 2 aromatic rings. The minimum Gasteiger partial charge on any atom is -0.481 e. The van der Waals surface area contributed by atoms with Crippen molar-refractivity contribution in [1.29, 1.82) is 0 Å². The Labute approximate surface area is 158 Å². The van der Waals surface area contributed by atoms with Gasteiger partial charge in [0.15, 0.2) is 0 Å². The van der Waals surface area contributed by atoms with Crippen molar-refractivity contribution in [1.82, 2.24) is 19.8 Å². The maximum atomic E-state index is 13.0. The third kappa shape index (κ3) is 4.62. The van der Waals surface area contributed by atoms with E-state index in [0.717, 1.165) is 16.0 Å². The summed E-state index contributed by atoms with van der Waals surface area (Å²) < 4.78 is 40.9. The lowest BCUT2D eigenvalue weighted by molar-refractivity contribution is -0.187. The van der Waals surface area contributed by atoms with Crippen LogP contribution in [0.2, 0.25) is 0 Å². The van der Waals surface area contributed by atoms with Gasteiger partial charge in [-0.25, -0.2) is 9.78 Å². The fourth-order valence-electron chi connectivity index (χ4n) is 3.19. The van der Waals surface area contributed by atoms with E-state index in [2.05, 4.69) is 10.3 Å². The van der Waals surface area contributed by atoms with Crippen molar-refractivity contribution >= 4 is 12.0 Å². The second kappa shape index (κ2) is 7.91. The number of hydrogen-bond donors (Lipinski definition) is 2.